The van der Waals surface area contributed by atoms with E-state index in [0.29, 0.717) is 0 Å². The lowest BCUT2D eigenvalue weighted by atomic mass is 9.97. The number of carbonyl (C=O) groups excluding carboxylic acids is 1. The summed E-state index contributed by atoms with van der Waals surface area (Å²) in [6.45, 7) is 2.00. The van der Waals surface area contributed by atoms with Crippen molar-refractivity contribution in [2.75, 3.05) is 14.2 Å². The SMILES string of the molecule is COC(=O)/C(=C/C=C/c1cc(C)c(-c2ccccc2)c(OC)c1)CC(=O)O. The van der Waals surface area contributed by atoms with Crippen molar-refractivity contribution in [2.45, 2.75) is 13.3 Å². The Kier molecular flexibility index (Phi) is 6.94. The molecule has 0 fully saturated rings. The van der Waals surface area contributed by atoms with Crippen molar-refractivity contribution in [1.29, 1.82) is 0 Å². The largest absolute Gasteiger partial charge is 0.496 e. The number of benzene rings is 2. The van der Waals surface area contributed by atoms with Gasteiger partial charge in [0.1, 0.15) is 5.75 Å². The number of esters is 1. The molecule has 2 aromatic rings. The normalized spacial score (nSPS) is 11.4. The third kappa shape index (κ3) is 5.31. The van der Waals surface area contributed by atoms with Crippen LogP contribution < -0.4 is 4.74 Å². The molecule has 0 aliphatic rings. The molecule has 0 spiro atoms. The maximum atomic E-state index is 11.6. The van der Waals surface area contributed by atoms with Gasteiger partial charge in [0.05, 0.1) is 20.6 Å². The number of hydrogen-bond donors (Lipinski definition) is 1. The quantitative estimate of drug-likeness (QED) is 0.450. The van der Waals surface area contributed by atoms with Crippen LogP contribution in [0.15, 0.2) is 60.2 Å². The first kappa shape index (κ1) is 20.0. The van der Waals surface area contributed by atoms with Gasteiger partial charge in [-0.25, -0.2) is 4.79 Å². The Labute approximate surface area is 158 Å². The molecule has 0 aliphatic carbocycles. The van der Waals surface area contributed by atoms with Gasteiger partial charge < -0.3 is 14.6 Å². The predicted molar refractivity (Wildman–Crippen MR) is 105 cm³/mol. The van der Waals surface area contributed by atoms with E-state index in [1.165, 1.54) is 13.2 Å². The monoisotopic (exact) mass is 366 g/mol. The first-order valence-corrected chi connectivity index (χ1v) is 8.37. The lowest BCUT2D eigenvalue weighted by Gasteiger charge is -2.13. The number of ether oxygens (including phenoxy) is 2. The number of carbonyl (C=O) groups is 2. The average molecular weight is 366 g/mol. The Morgan fingerprint density at radius 3 is 2.41 bits per heavy atom. The number of allylic oxidation sites excluding steroid dienone is 2. The summed E-state index contributed by atoms with van der Waals surface area (Å²) in [5, 5.41) is 8.90. The van der Waals surface area contributed by atoms with Crippen molar-refractivity contribution < 1.29 is 24.2 Å². The van der Waals surface area contributed by atoms with Crippen LogP contribution >= 0.6 is 0 Å². The summed E-state index contributed by atoms with van der Waals surface area (Å²) in [4.78, 5) is 22.5. The zero-order valence-electron chi connectivity index (χ0n) is 15.6. The maximum absolute atomic E-state index is 11.6. The van der Waals surface area contributed by atoms with Gasteiger partial charge in [-0.3, -0.25) is 4.79 Å². The smallest absolute Gasteiger partial charge is 0.334 e. The van der Waals surface area contributed by atoms with E-state index in [9.17, 15) is 9.59 Å². The minimum atomic E-state index is -1.09. The average Bonchev–Trinajstić information content (AvgIpc) is 2.66. The first-order valence-electron chi connectivity index (χ1n) is 8.37. The maximum Gasteiger partial charge on any atom is 0.334 e. The second-order valence-electron chi connectivity index (χ2n) is 5.89. The van der Waals surface area contributed by atoms with Crippen molar-refractivity contribution in [2.24, 2.45) is 0 Å². The van der Waals surface area contributed by atoms with E-state index in [1.54, 1.807) is 19.3 Å². The first-order chi connectivity index (χ1) is 13.0. The summed E-state index contributed by atoms with van der Waals surface area (Å²) in [5.74, 6) is -1.01. The molecule has 140 valence electrons. The fourth-order valence-electron chi connectivity index (χ4n) is 2.78. The second kappa shape index (κ2) is 9.38. The summed E-state index contributed by atoms with van der Waals surface area (Å²) < 4.78 is 10.2. The van der Waals surface area contributed by atoms with Gasteiger partial charge in [-0.2, -0.15) is 0 Å². The number of aliphatic carboxylic acids is 1. The molecule has 2 rings (SSSR count). The van der Waals surface area contributed by atoms with Crippen molar-refractivity contribution in [3.63, 3.8) is 0 Å². The molecule has 0 saturated carbocycles. The standard InChI is InChI=1S/C22H22O5/c1-15-12-16(8-7-11-18(14-20(23)24)22(25)27-3)13-19(26-2)21(15)17-9-5-4-6-10-17/h4-13H,14H2,1-3H3,(H,23,24)/b8-7+,18-11+. The highest BCUT2D eigenvalue weighted by Crippen LogP contribution is 2.34. The van der Waals surface area contributed by atoms with Gasteiger partial charge in [0.15, 0.2) is 0 Å². The van der Waals surface area contributed by atoms with Crippen LogP contribution in [0.25, 0.3) is 17.2 Å². The van der Waals surface area contributed by atoms with Crippen LogP contribution in [-0.4, -0.2) is 31.3 Å². The van der Waals surface area contributed by atoms with Crippen LogP contribution in [0.2, 0.25) is 0 Å². The van der Waals surface area contributed by atoms with E-state index in [0.717, 1.165) is 28.0 Å². The molecular weight excluding hydrogens is 344 g/mol. The summed E-state index contributed by atoms with van der Waals surface area (Å²) >= 11 is 0. The van der Waals surface area contributed by atoms with Crippen LogP contribution in [0.4, 0.5) is 0 Å². The molecule has 0 unspecified atom stereocenters. The number of carboxylic acids is 1. The molecule has 0 aliphatic heterocycles. The van der Waals surface area contributed by atoms with Gasteiger partial charge in [0.25, 0.3) is 0 Å². The van der Waals surface area contributed by atoms with E-state index in [4.69, 9.17) is 9.84 Å². The van der Waals surface area contributed by atoms with Crippen LogP contribution in [0.5, 0.6) is 5.75 Å². The number of aryl methyl sites for hydroxylation is 1. The summed E-state index contributed by atoms with van der Waals surface area (Å²) in [5.41, 5.74) is 4.08. The molecular formula is C22H22O5. The van der Waals surface area contributed by atoms with Crippen molar-refractivity contribution in [3.8, 4) is 16.9 Å². The topological polar surface area (TPSA) is 72.8 Å². The molecule has 0 radical (unpaired) electrons. The molecule has 5 nitrogen and oxygen atoms in total. The highest BCUT2D eigenvalue weighted by Gasteiger charge is 2.13. The van der Waals surface area contributed by atoms with Gasteiger partial charge in [-0.15, -0.1) is 0 Å². The zero-order chi connectivity index (χ0) is 19.8. The minimum Gasteiger partial charge on any atom is -0.496 e. The Balaban J connectivity index is 2.35. The highest BCUT2D eigenvalue weighted by atomic mass is 16.5. The Bertz CT molecular complexity index is 879. The zero-order valence-corrected chi connectivity index (χ0v) is 15.6. The van der Waals surface area contributed by atoms with Crippen LogP contribution in [-0.2, 0) is 14.3 Å². The number of rotatable bonds is 7. The van der Waals surface area contributed by atoms with Crippen molar-refractivity contribution in [3.05, 3.63) is 71.3 Å². The molecule has 0 aromatic heterocycles. The molecule has 0 amide bonds. The number of methoxy groups -OCH3 is 2. The van der Waals surface area contributed by atoms with E-state index >= 15 is 0 Å². The second-order valence-corrected chi connectivity index (χ2v) is 5.89. The number of carboxylic acid groups (broad SMARTS) is 1. The molecule has 5 heteroatoms. The van der Waals surface area contributed by atoms with Crippen LogP contribution in [0, 0.1) is 6.92 Å². The van der Waals surface area contributed by atoms with E-state index in [1.807, 2.05) is 49.4 Å². The fraction of sp³-hybridized carbons (Fsp3) is 0.182. The van der Waals surface area contributed by atoms with E-state index in [-0.39, 0.29) is 5.57 Å². The number of hydrogen-bond acceptors (Lipinski definition) is 4. The Morgan fingerprint density at radius 1 is 1.11 bits per heavy atom. The van der Waals surface area contributed by atoms with Crippen molar-refractivity contribution in [1.82, 2.24) is 0 Å². The molecule has 0 saturated heterocycles. The molecule has 1 N–H and O–H groups in total. The highest BCUT2D eigenvalue weighted by molar-refractivity contribution is 5.93. The molecule has 0 bridgehead atoms. The van der Waals surface area contributed by atoms with Gasteiger partial charge in [-0.1, -0.05) is 54.6 Å². The fourth-order valence-corrected chi connectivity index (χ4v) is 2.78. The van der Waals surface area contributed by atoms with E-state index < -0.39 is 18.4 Å². The molecule has 0 atom stereocenters. The van der Waals surface area contributed by atoms with Gasteiger partial charge in [0.2, 0.25) is 0 Å². The predicted octanol–water partition coefficient (Wildman–Crippen LogP) is 4.26. The Hall–Kier alpha value is -3.34. The summed E-state index contributed by atoms with van der Waals surface area (Å²) in [7, 11) is 2.84. The molecule has 27 heavy (non-hydrogen) atoms. The van der Waals surface area contributed by atoms with E-state index in [2.05, 4.69) is 4.74 Å². The molecule has 2 aromatic carbocycles. The third-order valence-corrected chi connectivity index (χ3v) is 3.98. The van der Waals surface area contributed by atoms with Crippen LogP contribution in [0.3, 0.4) is 0 Å². The van der Waals surface area contributed by atoms with Gasteiger partial charge in [0, 0.05) is 11.1 Å². The molecule has 0 heterocycles. The lowest BCUT2D eigenvalue weighted by molar-refractivity contribution is -0.141. The Morgan fingerprint density at radius 2 is 1.81 bits per heavy atom. The van der Waals surface area contributed by atoms with Gasteiger partial charge >= 0.3 is 11.9 Å². The summed E-state index contributed by atoms with van der Waals surface area (Å²) in [6.07, 6.45) is 4.47. The van der Waals surface area contributed by atoms with Gasteiger partial charge in [-0.05, 0) is 29.7 Å². The lowest BCUT2D eigenvalue weighted by Crippen LogP contribution is -2.09. The van der Waals surface area contributed by atoms with Crippen molar-refractivity contribution >= 4 is 18.0 Å². The summed E-state index contributed by atoms with van der Waals surface area (Å²) in [6, 6.07) is 13.9. The van der Waals surface area contributed by atoms with Crippen LogP contribution in [0.1, 0.15) is 17.5 Å². The minimum absolute atomic E-state index is 0.0749. The third-order valence-electron chi connectivity index (χ3n) is 3.98.